The molecule has 1 atom stereocenters. The number of aromatic nitrogens is 4. The number of aromatic amines is 1. The fraction of sp³-hybridized carbons (Fsp3) is 0.333. The first-order valence-corrected chi connectivity index (χ1v) is 8.49. The SMILES string of the molecule is Cc1c[nH]c(-c2noc(C3CCCN(C(=O)c4ccncc4F)C3)n2)c1. The molecule has 8 heteroatoms. The van der Waals surface area contributed by atoms with Crippen LogP contribution in [0.3, 0.4) is 0 Å². The van der Waals surface area contributed by atoms with E-state index in [1.54, 1.807) is 4.90 Å². The Kier molecular flexibility index (Phi) is 4.24. The monoisotopic (exact) mass is 355 g/mol. The second-order valence-electron chi connectivity index (χ2n) is 6.49. The van der Waals surface area contributed by atoms with Gasteiger partial charge in [-0.15, -0.1) is 0 Å². The first-order chi connectivity index (χ1) is 12.6. The molecule has 0 aliphatic carbocycles. The minimum atomic E-state index is -0.609. The summed E-state index contributed by atoms with van der Waals surface area (Å²) in [7, 11) is 0. The Morgan fingerprint density at radius 2 is 2.35 bits per heavy atom. The largest absolute Gasteiger partial charge is 0.358 e. The zero-order chi connectivity index (χ0) is 18.1. The van der Waals surface area contributed by atoms with Crippen LogP contribution in [0.4, 0.5) is 4.39 Å². The minimum Gasteiger partial charge on any atom is -0.358 e. The van der Waals surface area contributed by atoms with Crippen LogP contribution in [-0.4, -0.2) is 44.0 Å². The highest BCUT2D eigenvalue weighted by molar-refractivity contribution is 5.94. The van der Waals surface area contributed by atoms with Crippen molar-refractivity contribution in [2.45, 2.75) is 25.7 Å². The molecule has 1 unspecified atom stereocenters. The van der Waals surface area contributed by atoms with Crippen molar-refractivity contribution in [2.24, 2.45) is 0 Å². The number of aryl methyl sites for hydroxylation is 1. The molecule has 3 aromatic rings. The lowest BCUT2D eigenvalue weighted by Gasteiger charge is -2.31. The lowest BCUT2D eigenvalue weighted by atomic mass is 9.97. The molecule has 0 bridgehead atoms. The zero-order valence-electron chi connectivity index (χ0n) is 14.3. The summed E-state index contributed by atoms with van der Waals surface area (Å²) in [6.45, 7) is 2.98. The molecule has 3 aromatic heterocycles. The molecule has 0 saturated carbocycles. The van der Waals surface area contributed by atoms with Crippen LogP contribution in [0, 0.1) is 12.7 Å². The normalized spacial score (nSPS) is 17.5. The number of halogens is 1. The molecular formula is C18H18FN5O2. The van der Waals surface area contributed by atoms with Crippen molar-refractivity contribution in [3.63, 3.8) is 0 Å². The number of hydrogen-bond acceptors (Lipinski definition) is 5. The van der Waals surface area contributed by atoms with Gasteiger partial charge in [0, 0.05) is 25.5 Å². The molecule has 1 aliphatic heterocycles. The zero-order valence-corrected chi connectivity index (χ0v) is 14.3. The highest BCUT2D eigenvalue weighted by atomic mass is 19.1. The lowest BCUT2D eigenvalue weighted by molar-refractivity contribution is 0.0690. The molecule has 26 heavy (non-hydrogen) atoms. The third kappa shape index (κ3) is 3.10. The Morgan fingerprint density at radius 3 is 3.12 bits per heavy atom. The van der Waals surface area contributed by atoms with E-state index in [4.69, 9.17) is 4.52 Å². The van der Waals surface area contributed by atoms with Gasteiger partial charge in [-0.2, -0.15) is 4.98 Å². The molecule has 134 valence electrons. The van der Waals surface area contributed by atoms with Crippen LogP contribution in [0.15, 0.2) is 35.2 Å². The highest BCUT2D eigenvalue weighted by Crippen LogP contribution is 2.28. The van der Waals surface area contributed by atoms with E-state index in [1.807, 2.05) is 19.2 Å². The number of likely N-dealkylation sites (tertiary alicyclic amines) is 1. The summed E-state index contributed by atoms with van der Waals surface area (Å²) in [5.41, 5.74) is 1.91. The van der Waals surface area contributed by atoms with Crippen molar-refractivity contribution in [3.8, 4) is 11.5 Å². The maximum atomic E-state index is 13.9. The number of nitrogens with zero attached hydrogens (tertiary/aromatic N) is 4. The number of piperidine rings is 1. The molecule has 4 rings (SSSR count). The van der Waals surface area contributed by atoms with Crippen LogP contribution in [-0.2, 0) is 0 Å². The van der Waals surface area contributed by atoms with E-state index < -0.39 is 5.82 Å². The van der Waals surface area contributed by atoms with Gasteiger partial charge in [0.25, 0.3) is 5.91 Å². The summed E-state index contributed by atoms with van der Waals surface area (Å²) in [6, 6.07) is 3.34. The number of carbonyl (C=O) groups is 1. The van der Waals surface area contributed by atoms with Crippen molar-refractivity contribution in [1.82, 2.24) is 25.0 Å². The number of amides is 1. The van der Waals surface area contributed by atoms with Crippen molar-refractivity contribution in [2.75, 3.05) is 13.1 Å². The summed E-state index contributed by atoms with van der Waals surface area (Å²) in [5, 5.41) is 4.03. The summed E-state index contributed by atoms with van der Waals surface area (Å²) in [5.74, 6) is -0.0114. The van der Waals surface area contributed by atoms with E-state index in [-0.39, 0.29) is 17.4 Å². The third-order valence-corrected chi connectivity index (χ3v) is 4.57. The number of H-pyrrole nitrogens is 1. The molecule has 1 aliphatic rings. The van der Waals surface area contributed by atoms with Crippen molar-refractivity contribution < 1.29 is 13.7 Å². The molecule has 0 aromatic carbocycles. The topological polar surface area (TPSA) is 87.9 Å². The first-order valence-electron chi connectivity index (χ1n) is 8.49. The standard InChI is InChI=1S/C18H18FN5O2/c1-11-7-15(21-8-11)16-22-17(26-23-16)12-3-2-6-24(10-12)18(25)13-4-5-20-9-14(13)19/h4-5,7-9,12,21H,2-3,6,10H2,1H3. The number of carbonyl (C=O) groups excluding carboxylic acids is 1. The van der Waals surface area contributed by atoms with Gasteiger partial charge in [-0.25, -0.2) is 4.39 Å². The van der Waals surface area contributed by atoms with E-state index in [2.05, 4.69) is 20.1 Å². The second-order valence-corrected chi connectivity index (χ2v) is 6.49. The van der Waals surface area contributed by atoms with E-state index in [1.165, 1.54) is 12.3 Å². The van der Waals surface area contributed by atoms with Gasteiger partial charge in [-0.1, -0.05) is 5.16 Å². The quantitative estimate of drug-likeness (QED) is 0.780. The highest BCUT2D eigenvalue weighted by Gasteiger charge is 2.30. The fourth-order valence-corrected chi connectivity index (χ4v) is 3.22. The Bertz CT molecular complexity index is 935. The summed E-state index contributed by atoms with van der Waals surface area (Å²) >= 11 is 0. The van der Waals surface area contributed by atoms with Crippen LogP contribution < -0.4 is 0 Å². The molecule has 7 nitrogen and oxygen atoms in total. The molecule has 1 fully saturated rings. The van der Waals surface area contributed by atoms with Crippen LogP contribution in [0.25, 0.3) is 11.5 Å². The predicted octanol–water partition coefficient (Wildman–Crippen LogP) is 2.93. The molecule has 0 spiro atoms. The van der Waals surface area contributed by atoms with Gasteiger partial charge in [0.15, 0.2) is 5.82 Å². The summed E-state index contributed by atoms with van der Waals surface area (Å²) < 4.78 is 19.3. The molecule has 4 heterocycles. The van der Waals surface area contributed by atoms with E-state index in [0.29, 0.717) is 24.8 Å². The number of pyridine rings is 1. The van der Waals surface area contributed by atoms with Gasteiger partial charge in [-0.05, 0) is 37.5 Å². The average molecular weight is 355 g/mol. The first kappa shape index (κ1) is 16.4. The van der Waals surface area contributed by atoms with Gasteiger partial charge in [0.2, 0.25) is 11.7 Å². The van der Waals surface area contributed by atoms with Crippen molar-refractivity contribution in [3.05, 3.63) is 53.6 Å². The molecule has 1 N–H and O–H groups in total. The Balaban J connectivity index is 1.51. The van der Waals surface area contributed by atoms with Crippen LogP contribution in [0.2, 0.25) is 0 Å². The minimum absolute atomic E-state index is 0.0359. The van der Waals surface area contributed by atoms with Gasteiger partial charge in [0.05, 0.1) is 23.4 Å². The number of hydrogen-bond donors (Lipinski definition) is 1. The van der Waals surface area contributed by atoms with E-state index >= 15 is 0 Å². The van der Waals surface area contributed by atoms with Gasteiger partial charge < -0.3 is 14.4 Å². The van der Waals surface area contributed by atoms with Gasteiger partial charge >= 0.3 is 0 Å². The average Bonchev–Trinajstić information content (AvgIpc) is 3.31. The molecular weight excluding hydrogens is 337 g/mol. The fourth-order valence-electron chi connectivity index (χ4n) is 3.22. The van der Waals surface area contributed by atoms with E-state index in [0.717, 1.165) is 30.3 Å². The summed E-state index contributed by atoms with van der Waals surface area (Å²) in [6.07, 6.45) is 5.98. The van der Waals surface area contributed by atoms with Crippen LogP contribution in [0.5, 0.6) is 0 Å². The van der Waals surface area contributed by atoms with Gasteiger partial charge in [-0.3, -0.25) is 9.78 Å². The summed E-state index contributed by atoms with van der Waals surface area (Å²) in [4.78, 5) is 25.5. The smallest absolute Gasteiger partial charge is 0.256 e. The maximum absolute atomic E-state index is 13.9. The van der Waals surface area contributed by atoms with Gasteiger partial charge in [0.1, 0.15) is 0 Å². The van der Waals surface area contributed by atoms with E-state index in [9.17, 15) is 9.18 Å². The molecule has 1 saturated heterocycles. The predicted molar refractivity (Wildman–Crippen MR) is 90.9 cm³/mol. The molecule has 0 radical (unpaired) electrons. The second kappa shape index (κ2) is 6.70. The van der Waals surface area contributed by atoms with Crippen molar-refractivity contribution in [1.29, 1.82) is 0 Å². The number of rotatable bonds is 3. The maximum Gasteiger partial charge on any atom is 0.256 e. The Labute approximate surface area is 149 Å². The third-order valence-electron chi connectivity index (χ3n) is 4.57. The Morgan fingerprint density at radius 1 is 1.46 bits per heavy atom. The van der Waals surface area contributed by atoms with Crippen LogP contribution in [0.1, 0.15) is 40.6 Å². The lowest BCUT2D eigenvalue weighted by Crippen LogP contribution is -2.39. The molecule has 1 amide bonds. The van der Waals surface area contributed by atoms with Crippen molar-refractivity contribution >= 4 is 5.91 Å². The number of nitrogens with one attached hydrogen (secondary N) is 1. The van der Waals surface area contributed by atoms with Crippen LogP contribution >= 0.6 is 0 Å². The Hall–Kier alpha value is -3.03.